The molecule has 5 aromatic rings. The molecule has 0 spiro atoms. The number of carbonyl (C=O) groups is 11. The molecule has 0 fully saturated rings. The third-order valence-corrected chi connectivity index (χ3v) is 18.1. The van der Waals surface area contributed by atoms with Crippen molar-refractivity contribution in [2.45, 2.75) is 166 Å². The first-order valence-electron chi connectivity index (χ1n) is 38.3. The van der Waals surface area contributed by atoms with Crippen LogP contribution in [0.3, 0.4) is 0 Å². The normalized spacial score (nSPS) is 12.1. The van der Waals surface area contributed by atoms with Gasteiger partial charge in [0.1, 0.15) is 30.2 Å². The number of nitrogens with one attached hydrogen (secondary N) is 11. The zero-order valence-corrected chi connectivity index (χ0v) is 64.7. The number of hydrogen-bond acceptors (Lipinski definition) is 16. The van der Waals surface area contributed by atoms with Crippen LogP contribution >= 0.6 is 0 Å². The molecule has 5 aromatic carbocycles. The molecule has 0 unspecified atom stereocenters. The molecule has 113 heavy (non-hydrogen) atoms. The van der Waals surface area contributed by atoms with Crippen molar-refractivity contribution in [2.24, 2.45) is 34.4 Å². The number of primary amides is 1. The van der Waals surface area contributed by atoms with E-state index in [4.69, 9.17) is 50.6 Å². The minimum atomic E-state index is -1.38. The molecule has 5 rings (SSSR count). The fourth-order valence-electron chi connectivity index (χ4n) is 12.6. The van der Waals surface area contributed by atoms with Gasteiger partial charge in [0.05, 0.1) is 32.7 Å². The number of guanidine groups is 3. The van der Waals surface area contributed by atoms with Gasteiger partial charge in [0.25, 0.3) is 0 Å². The summed E-state index contributed by atoms with van der Waals surface area (Å²) in [6.45, 7) is -0.917. The first kappa shape index (κ1) is 91.6. The summed E-state index contributed by atoms with van der Waals surface area (Å²) < 4.78 is 0. The van der Waals surface area contributed by atoms with Crippen LogP contribution in [0.4, 0.5) is 0 Å². The molecule has 0 aromatic heterocycles. The lowest BCUT2D eigenvalue weighted by Crippen LogP contribution is -2.56. The fraction of sp³-hybridized carbons (Fsp3) is 0.450. The van der Waals surface area contributed by atoms with Gasteiger partial charge < -0.3 is 101 Å². The molecule has 0 bridgehead atoms. The minimum absolute atomic E-state index is 0.0212. The van der Waals surface area contributed by atoms with Gasteiger partial charge in [-0.05, 0) is 137 Å². The average Bonchev–Trinajstić information content (AvgIpc) is 0.849. The molecular weight excluding hydrogens is 1450 g/mol. The van der Waals surface area contributed by atoms with Crippen molar-refractivity contribution >= 4 is 82.9 Å². The smallest absolute Gasteiger partial charge is 0.245 e. The molecule has 0 aliphatic rings. The Morgan fingerprint density at radius 3 is 0.699 bits per heavy atom. The summed E-state index contributed by atoms with van der Waals surface area (Å²) in [5, 5.41) is 45.2. The van der Waals surface area contributed by atoms with Crippen LogP contribution in [0, 0.1) is 16.2 Å². The van der Waals surface area contributed by atoms with Crippen LogP contribution in [0.1, 0.15) is 131 Å². The van der Waals surface area contributed by atoms with Crippen LogP contribution in [-0.4, -0.2) is 203 Å². The first-order valence-corrected chi connectivity index (χ1v) is 38.3. The van der Waals surface area contributed by atoms with E-state index in [9.17, 15) is 33.6 Å². The predicted molar refractivity (Wildman–Crippen MR) is 431 cm³/mol. The SMILES string of the molecule is CC(=O)N[C@@H](CCCCNC(=N)N)C(=O)N(CC(=O)N[C@@H](CCCCN)C(=O)N(CC(=O)N[C@@H](CCCCNC(=N)N)C(=O)N(CC(=O)N[C@@H](CCCCN)C(=O)N(CC(=O)N[C@@H](CCCCNC(=N)N)C(=O)N(CC(N)=O)Cc1ccccc1)Cc1ccccc1)Cc1ccccc1)Cc1ccccc1)Cc1ccccc1. The molecule has 5 atom stereocenters. The number of unbranched alkanes of at least 4 members (excludes halogenated alkanes) is 5. The first-order chi connectivity index (χ1) is 54.3. The monoisotopic (exact) mass is 1560 g/mol. The van der Waals surface area contributed by atoms with E-state index in [1.807, 2.05) is 0 Å². The Kier molecular flexibility index (Phi) is 41.7. The highest BCUT2D eigenvalue weighted by Gasteiger charge is 2.36. The van der Waals surface area contributed by atoms with E-state index in [1.54, 1.807) is 152 Å². The van der Waals surface area contributed by atoms with Crippen LogP contribution in [-0.2, 0) is 85.5 Å². The minimum Gasteiger partial charge on any atom is -0.370 e. The van der Waals surface area contributed by atoms with Gasteiger partial charge in [-0.25, -0.2) is 0 Å². The Hall–Kier alpha value is -12.0. The van der Waals surface area contributed by atoms with E-state index in [-0.39, 0.29) is 115 Å². The number of benzene rings is 5. The molecule has 0 heterocycles. The van der Waals surface area contributed by atoms with Crippen molar-refractivity contribution in [3.8, 4) is 0 Å². The van der Waals surface area contributed by atoms with Crippen molar-refractivity contribution in [1.82, 2.24) is 67.0 Å². The van der Waals surface area contributed by atoms with Gasteiger partial charge in [-0.2, -0.15) is 0 Å². The molecule has 33 nitrogen and oxygen atoms in total. The van der Waals surface area contributed by atoms with E-state index in [1.165, 1.54) is 31.4 Å². The molecule has 0 aliphatic heterocycles. The van der Waals surface area contributed by atoms with Gasteiger partial charge in [-0.3, -0.25) is 69.0 Å². The highest BCUT2D eigenvalue weighted by Crippen LogP contribution is 2.19. The molecule has 0 radical (unpaired) electrons. The quantitative estimate of drug-likeness (QED) is 0.0148. The Morgan fingerprint density at radius 2 is 0.504 bits per heavy atom. The topological polar surface area (TPSA) is 528 Å². The van der Waals surface area contributed by atoms with E-state index in [0.29, 0.717) is 92.1 Å². The maximum absolute atomic E-state index is 15.6. The summed E-state index contributed by atoms with van der Waals surface area (Å²) in [6, 6.07) is 37.8. The summed E-state index contributed by atoms with van der Waals surface area (Å²) in [7, 11) is 0. The van der Waals surface area contributed by atoms with E-state index >= 15 is 19.2 Å². The largest absolute Gasteiger partial charge is 0.370 e. The van der Waals surface area contributed by atoms with Crippen LogP contribution in [0.25, 0.3) is 0 Å². The molecule has 0 aliphatic carbocycles. The zero-order chi connectivity index (χ0) is 82.3. The van der Waals surface area contributed by atoms with E-state index in [0.717, 1.165) is 0 Å². The predicted octanol–water partition coefficient (Wildman–Crippen LogP) is 1.28. The van der Waals surface area contributed by atoms with Crippen LogP contribution in [0.15, 0.2) is 152 Å². The van der Waals surface area contributed by atoms with Gasteiger partial charge in [-0.1, -0.05) is 152 Å². The van der Waals surface area contributed by atoms with Crippen LogP contribution in [0.2, 0.25) is 0 Å². The summed E-state index contributed by atoms with van der Waals surface area (Å²) in [5.41, 5.74) is 37.4. The lowest BCUT2D eigenvalue weighted by Gasteiger charge is -2.32. The van der Waals surface area contributed by atoms with Crippen LogP contribution in [0.5, 0.6) is 0 Å². The van der Waals surface area contributed by atoms with Gasteiger partial charge in [0.15, 0.2) is 17.9 Å². The molecule has 23 N–H and O–H groups in total. The Bertz CT molecular complexity index is 3830. The second-order valence-electron chi connectivity index (χ2n) is 27.7. The number of rotatable bonds is 53. The van der Waals surface area contributed by atoms with Crippen molar-refractivity contribution in [3.63, 3.8) is 0 Å². The van der Waals surface area contributed by atoms with Gasteiger partial charge in [0, 0.05) is 59.3 Å². The fourth-order valence-corrected chi connectivity index (χ4v) is 12.6. The van der Waals surface area contributed by atoms with Crippen molar-refractivity contribution in [2.75, 3.05) is 65.4 Å². The van der Waals surface area contributed by atoms with Crippen molar-refractivity contribution in [3.05, 3.63) is 179 Å². The summed E-state index contributed by atoms with van der Waals surface area (Å²) >= 11 is 0. The number of carbonyl (C=O) groups excluding carboxylic acids is 11. The summed E-state index contributed by atoms with van der Waals surface area (Å²) in [4.78, 5) is 166. The average molecular weight is 1560 g/mol. The Balaban J connectivity index is 1.49. The standard InChI is InChI=1S/C80H116N22O11/c1-57(103)93-63(39-19-24-44-90-78(84)85)73(109)99(48-59-29-9-3-10-30-59)53-69(105)94-64(37-17-22-42-81)75(111)101(50-61-33-13-5-14-34-61)56-72(108)97-67(41-21-26-46-92-80(88)89)77(113)102(51-62-35-15-6-16-36-62)54-70(106)95-65(38-18-23-43-82)76(112)100(49-60-31-11-4-12-32-60)55-71(107)96-66(40-20-25-45-91-79(86)87)74(110)98(52-68(83)104)47-58-27-7-2-8-28-58/h2-16,27-36,63-67H,17-26,37-56,81-82H2,1H3,(H2,83,104)(H,93,103)(H,94,105)(H,95,106)(H,96,107)(H,97,108)(H4,84,85,90)(H4,86,87,91)(H4,88,89,92)/t63-,64-,65-,66-,67-/m0/s1. The third-order valence-electron chi connectivity index (χ3n) is 18.1. The molecular formula is C80H116N22O11. The molecule has 0 saturated heterocycles. The van der Waals surface area contributed by atoms with E-state index in [2.05, 4.69) is 42.5 Å². The summed E-state index contributed by atoms with van der Waals surface area (Å²) in [5.74, 6) is -8.38. The summed E-state index contributed by atoms with van der Waals surface area (Å²) in [6.07, 6.45) is 4.19. The molecule has 33 heteroatoms. The lowest BCUT2D eigenvalue weighted by atomic mass is 10.1. The molecule has 0 saturated carbocycles. The van der Waals surface area contributed by atoms with E-state index < -0.39 is 128 Å². The Morgan fingerprint density at radius 1 is 0.301 bits per heavy atom. The van der Waals surface area contributed by atoms with Gasteiger partial charge in [-0.15, -0.1) is 0 Å². The van der Waals surface area contributed by atoms with Crippen molar-refractivity contribution in [1.29, 1.82) is 16.2 Å². The highest BCUT2D eigenvalue weighted by molar-refractivity contribution is 5.97. The maximum Gasteiger partial charge on any atom is 0.245 e. The number of hydrogen-bond donors (Lipinski definition) is 17. The van der Waals surface area contributed by atoms with Gasteiger partial charge in [0.2, 0.25) is 65.0 Å². The Labute approximate surface area is 661 Å². The van der Waals surface area contributed by atoms with Crippen LogP contribution < -0.4 is 76.9 Å². The highest BCUT2D eigenvalue weighted by atomic mass is 16.2. The zero-order valence-electron chi connectivity index (χ0n) is 64.7. The second kappa shape index (κ2) is 51.5. The molecule has 612 valence electrons. The molecule has 11 amide bonds. The van der Waals surface area contributed by atoms with Gasteiger partial charge >= 0.3 is 0 Å². The van der Waals surface area contributed by atoms with Crippen molar-refractivity contribution < 1.29 is 52.7 Å². The lowest BCUT2D eigenvalue weighted by molar-refractivity contribution is -0.144. The third kappa shape index (κ3) is 36.6. The number of nitrogens with zero attached hydrogens (tertiary/aromatic N) is 5. The number of amides is 11. The maximum atomic E-state index is 15.6. The number of nitrogens with two attached hydrogens (primary N) is 6. The second-order valence-corrected chi connectivity index (χ2v) is 27.7.